The molecule has 2 aromatic rings. The number of nitrogens with one attached hydrogen (secondary N) is 2. The molecule has 0 atom stereocenters. The summed E-state index contributed by atoms with van der Waals surface area (Å²) in [5, 5.41) is 7.06. The molecule has 4 fully saturated rings. The van der Waals surface area contributed by atoms with Crippen LogP contribution in [0, 0.1) is 30.1 Å². The Morgan fingerprint density at radius 1 is 0.926 bits per heavy atom. The predicted molar refractivity (Wildman–Crippen MR) is 110 cm³/mol. The van der Waals surface area contributed by atoms with Gasteiger partial charge >= 0.3 is 0 Å². The maximum Gasteiger partial charge on any atom is 0.224 e. The summed E-state index contributed by atoms with van der Waals surface area (Å²) in [6.45, 7) is 3.87. The largest absolute Gasteiger partial charge is 0.366 e. The van der Waals surface area contributed by atoms with E-state index in [9.17, 15) is 0 Å². The number of rotatable bonds is 6. The third-order valence-corrected chi connectivity index (χ3v) is 6.96. The van der Waals surface area contributed by atoms with E-state index in [1.807, 2.05) is 19.1 Å². The minimum absolute atomic E-state index is 0.499. The van der Waals surface area contributed by atoms with E-state index in [0.717, 1.165) is 48.3 Å². The van der Waals surface area contributed by atoms with Gasteiger partial charge in [-0.15, -0.1) is 0 Å². The molecule has 0 spiro atoms. The van der Waals surface area contributed by atoms with Gasteiger partial charge in [-0.1, -0.05) is 30.3 Å². The van der Waals surface area contributed by atoms with Gasteiger partial charge in [0.25, 0.3) is 0 Å². The van der Waals surface area contributed by atoms with Gasteiger partial charge in [0.15, 0.2) is 0 Å². The zero-order chi connectivity index (χ0) is 18.3. The summed E-state index contributed by atoms with van der Waals surface area (Å²) in [5.41, 5.74) is 2.77. The second-order valence-electron chi connectivity index (χ2n) is 9.33. The third kappa shape index (κ3) is 3.67. The van der Waals surface area contributed by atoms with Crippen molar-refractivity contribution in [2.24, 2.45) is 23.2 Å². The zero-order valence-electron chi connectivity index (χ0n) is 16.2. The highest BCUT2D eigenvalue weighted by atomic mass is 15.1. The first-order valence-corrected chi connectivity index (χ1v) is 10.5. The minimum atomic E-state index is 0.499. The first-order valence-electron chi connectivity index (χ1n) is 10.5. The number of aryl methyl sites for hydroxylation is 1. The fourth-order valence-electron chi connectivity index (χ4n) is 6.30. The van der Waals surface area contributed by atoms with Crippen LogP contribution in [0.15, 0.2) is 36.4 Å². The molecule has 2 N–H and O–H groups in total. The van der Waals surface area contributed by atoms with Gasteiger partial charge in [-0.3, -0.25) is 0 Å². The number of hydrogen-bond donors (Lipinski definition) is 2. The van der Waals surface area contributed by atoms with Crippen LogP contribution >= 0.6 is 0 Å². The molecular formula is C23H30N4. The lowest BCUT2D eigenvalue weighted by atomic mass is 9.49. The van der Waals surface area contributed by atoms with Crippen molar-refractivity contribution in [2.45, 2.75) is 52.0 Å². The molecule has 4 heteroatoms. The lowest BCUT2D eigenvalue weighted by Gasteiger charge is -2.56. The maximum atomic E-state index is 4.73. The molecule has 0 saturated heterocycles. The molecule has 4 nitrogen and oxygen atoms in total. The number of hydrogen-bond acceptors (Lipinski definition) is 4. The lowest BCUT2D eigenvalue weighted by molar-refractivity contribution is -0.0445. The van der Waals surface area contributed by atoms with Gasteiger partial charge in [-0.2, -0.15) is 4.98 Å². The van der Waals surface area contributed by atoms with E-state index >= 15 is 0 Å². The Balaban J connectivity index is 1.25. The maximum absolute atomic E-state index is 4.73. The molecule has 0 aliphatic heterocycles. The standard InChI is InChI=1S/C23H30N4/c1-16-7-21(24-14-17-5-3-2-4-6-17)27-22(26-16)25-15-23-11-18-8-19(12-23)10-20(9-18)13-23/h2-7,18-20H,8-15H2,1H3,(H2,24,25,26,27). The van der Waals surface area contributed by atoms with Crippen molar-refractivity contribution in [3.63, 3.8) is 0 Å². The summed E-state index contributed by atoms with van der Waals surface area (Å²) in [7, 11) is 0. The molecule has 27 heavy (non-hydrogen) atoms. The number of anilines is 2. The first kappa shape index (κ1) is 17.0. The number of aromatic nitrogens is 2. The molecule has 1 aromatic heterocycles. The smallest absolute Gasteiger partial charge is 0.224 e. The average molecular weight is 363 g/mol. The van der Waals surface area contributed by atoms with Crippen LogP contribution in [0.5, 0.6) is 0 Å². The Hall–Kier alpha value is -2.10. The van der Waals surface area contributed by atoms with E-state index in [4.69, 9.17) is 4.98 Å². The molecule has 1 heterocycles. The summed E-state index contributed by atoms with van der Waals surface area (Å²) >= 11 is 0. The van der Waals surface area contributed by atoms with Crippen LogP contribution in [0.4, 0.5) is 11.8 Å². The molecule has 142 valence electrons. The Kier molecular flexibility index (Phi) is 4.30. The van der Waals surface area contributed by atoms with Gasteiger partial charge in [0, 0.05) is 24.8 Å². The van der Waals surface area contributed by atoms with E-state index in [-0.39, 0.29) is 0 Å². The topological polar surface area (TPSA) is 49.8 Å². The van der Waals surface area contributed by atoms with Gasteiger partial charge in [0.1, 0.15) is 5.82 Å². The van der Waals surface area contributed by atoms with E-state index < -0.39 is 0 Å². The Morgan fingerprint density at radius 2 is 1.59 bits per heavy atom. The first-order chi connectivity index (χ1) is 13.2. The van der Waals surface area contributed by atoms with E-state index in [0.29, 0.717) is 5.41 Å². The molecule has 6 rings (SSSR count). The van der Waals surface area contributed by atoms with Crippen molar-refractivity contribution in [1.82, 2.24) is 9.97 Å². The molecule has 0 amide bonds. The minimum Gasteiger partial charge on any atom is -0.366 e. The van der Waals surface area contributed by atoms with Crippen molar-refractivity contribution in [1.29, 1.82) is 0 Å². The molecule has 1 aromatic carbocycles. The lowest BCUT2D eigenvalue weighted by Crippen LogP contribution is -2.49. The molecule has 4 aliphatic rings. The quantitative estimate of drug-likeness (QED) is 0.757. The van der Waals surface area contributed by atoms with Crippen molar-refractivity contribution < 1.29 is 0 Å². The summed E-state index contributed by atoms with van der Waals surface area (Å²) in [4.78, 5) is 9.38. The van der Waals surface area contributed by atoms with Crippen molar-refractivity contribution in [2.75, 3.05) is 17.2 Å². The summed E-state index contributed by atoms with van der Waals surface area (Å²) in [5.74, 6) is 4.64. The van der Waals surface area contributed by atoms with Crippen LogP contribution < -0.4 is 10.6 Å². The second-order valence-corrected chi connectivity index (χ2v) is 9.33. The molecule has 0 radical (unpaired) electrons. The zero-order valence-corrected chi connectivity index (χ0v) is 16.2. The Bertz CT molecular complexity index is 766. The van der Waals surface area contributed by atoms with Crippen molar-refractivity contribution in [3.05, 3.63) is 47.7 Å². The normalized spacial score (nSPS) is 31.1. The van der Waals surface area contributed by atoms with Crippen LogP contribution in [-0.2, 0) is 6.54 Å². The second kappa shape index (κ2) is 6.81. The van der Waals surface area contributed by atoms with Crippen molar-refractivity contribution >= 4 is 11.8 Å². The highest BCUT2D eigenvalue weighted by Crippen LogP contribution is 2.59. The van der Waals surface area contributed by atoms with Crippen LogP contribution in [-0.4, -0.2) is 16.5 Å². The number of benzene rings is 1. The fourth-order valence-corrected chi connectivity index (χ4v) is 6.30. The van der Waals surface area contributed by atoms with Gasteiger partial charge in [-0.25, -0.2) is 4.98 Å². The fraction of sp³-hybridized carbons (Fsp3) is 0.565. The SMILES string of the molecule is Cc1cc(NCc2ccccc2)nc(NCC23CC4CC(CC(C4)C2)C3)n1. The summed E-state index contributed by atoms with van der Waals surface area (Å²) < 4.78 is 0. The van der Waals surface area contributed by atoms with E-state index in [1.165, 1.54) is 44.1 Å². The number of nitrogens with zero attached hydrogens (tertiary/aromatic N) is 2. The third-order valence-electron chi connectivity index (χ3n) is 6.96. The van der Waals surface area contributed by atoms with Gasteiger partial charge in [0.05, 0.1) is 0 Å². The summed E-state index contributed by atoms with van der Waals surface area (Å²) in [6.07, 6.45) is 8.72. The molecule has 4 bridgehead atoms. The predicted octanol–water partition coefficient (Wildman–Crippen LogP) is 5.03. The van der Waals surface area contributed by atoms with Crippen LogP contribution in [0.25, 0.3) is 0 Å². The Labute approximate surface area is 162 Å². The van der Waals surface area contributed by atoms with Crippen LogP contribution in [0.1, 0.15) is 49.8 Å². The molecule has 0 unspecified atom stereocenters. The van der Waals surface area contributed by atoms with E-state index in [2.05, 4.69) is 39.9 Å². The van der Waals surface area contributed by atoms with Crippen LogP contribution in [0.3, 0.4) is 0 Å². The monoisotopic (exact) mass is 362 g/mol. The average Bonchev–Trinajstić information content (AvgIpc) is 2.64. The summed E-state index contributed by atoms with van der Waals surface area (Å²) in [6, 6.07) is 12.5. The van der Waals surface area contributed by atoms with Gasteiger partial charge in [-0.05, 0) is 74.2 Å². The molecule has 4 aliphatic carbocycles. The Morgan fingerprint density at radius 3 is 2.26 bits per heavy atom. The van der Waals surface area contributed by atoms with Gasteiger partial charge in [0.2, 0.25) is 5.95 Å². The highest BCUT2D eigenvalue weighted by Gasteiger charge is 2.50. The highest BCUT2D eigenvalue weighted by molar-refractivity contribution is 5.43. The van der Waals surface area contributed by atoms with E-state index in [1.54, 1.807) is 0 Å². The molecule has 4 saturated carbocycles. The van der Waals surface area contributed by atoms with Crippen LogP contribution in [0.2, 0.25) is 0 Å². The van der Waals surface area contributed by atoms with Crippen molar-refractivity contribution in [3.8, 4) is 0 Å². The molecular weight excluding hydrogens is 332 g/mol. The van der Waals surface area contributed by atoms with Gasteiger partial charge < -0.3 is 10.6 Å².